The second-order valence-electron chi connectivity index (χ2n) is 5.68. The predicted octanol–water partition coefficient (Wildman–Crippen LogP) is 4.66. The van der Waals surface area contributed by atoms with Gasteiger partial charge in [-0.05, 0) is 31.5 Å². The molecule has 1 heterocycles. The number of rotatable bonds is 6. The third-order valence-electron chi connectivity index (χ3n) is 3.90. The highest BCUT2D eigenvalue weighted by Gasteiger charge is 2.16. The van der Waals surface area contributed by atoms with Crippen LogP contribution >= 0.6 is 23.4 Å². The first-order valence-corrected chi connectivity index (χ1v) is 9.63. The minimum atomic E-state index is -0.133. The monoisotopic (exact) mass is 386 g/mol. The van der Waals surface area contributed by atoms with E-state index >= 15 is 0 Å². The second-order valence-corrected chi connectivity index (χ2v) is 7.03. The van der Waals surface area contributed by atoms with Crippen LogP contribution in [0.1, 0.15) is 12.5 Å². The number of nitrogens with zero attached hydrogens (tertiary/aromatic N) is 3. The first kappa shape index (κ1) is 18.5. The van der Waals surface area contributed by atoms with Gasteiger partial charge in [-0.25, -0.2) is 0 Å². The van der Waals surface area contributed by atoms with E-state index in [-0.39, 0.29) is 11.7 Å². The van der Waals surface area contributed by atoms with Crippen LogP contribution < -0.4 is 5.32 Å². The Labute approximate surface area is 161 Å². The minimum Gasteiger partial charge on any atom is -0.324 e. The first-order valence-electron chi connectivity index (χ1n) is 8.26. The van der Waals surface area contributed by atoms with Crippen molar-refractivity contribution in [1.29, 1.82) is 0 Å². The molecule has 3 aromatic rings. The number of hydrogen-bond acceptors (Lipinski definition) is 4. The van der Waals surface area contributed by atoms with E-state index in [9.17, 15) is 4.79 Å². The molecule has 0 aliphatic heterocycles. The number of carbonyl (C=O) groups excluding carboxylic acids is 1. The summed E-state index contributed by atoms with van der Waals surface area (Å²) in [6, 6.07) is 15.2. The highest BCUT2D eigenvalue weighted by molar-refractivity contribution is 7.99. The van der Waals surface area contributed by atoms with Gasteiger partial charge in [0.2, 0.25) is 5.91 Å². The fourth-order valence-electron chi connectivity index (χ4n) is 2.58. The molecule has 0 saturated carbocycles. The number of anilines is 1. The molecule has 1 aromatic heterocycles. The van der Waals surface area contributed by atoms with Crippen molar-refractivity contribution in [3.8, 4) is 11.4 Å². The van der Waals surface area contributed by atoms with Gasteiger partial charge in [-0.15, -0.1) is 10.2 Å². The Balaban J connectivity index is 1.72. The summed E-state index contributed by atoms with van der Waals surface area (Å²) < 4.78 is 2.02. The van der Waals surface area contributed by atoms with Gasteiger partial charge in [0.1, 0.15) is 0 Å². The van der Waals surface area contributed by atoms with Gasteiger partial charge in [-0.2, -0.15) is 0 Å². The standard InChI is InChI=1S/C19H19ClN4OS/c1-3-24-18(14-9-5-4-8-13(14)2)22-23-19(24)26-12-17(25)21-16-11-7-6-10-15(16)20/h4-11H,3,12H2,1-2H3,(H,21,25). The summed E-state index contributed by atoms with van der Waals surface area (Å²) in [6.07, 6.45) is 0. The third kappa shape index (κ3) is 4.08. The van der Waals surface area contributed by atoms with Crippen molar-refractivity contribution >= 4 is 35.0 Å². The summed E-state index contributed by atoms with van der Waals surface area (Å²) in [4.78, 5) is 12.2. The lowest BCUT2D eigenvalue weighted by Gasteiger charge is -2.09. The lowest BCUT2D eigenvalue weighted by molar-refractivity contribution is -0.113. The molecule has 26 heavy (non-hydrogen) atoms. The van der Waals surface area contributed by atoms with Gasteiger partial charge < -0.3 is 9.88 Å². The maximum Gasteiger partial charge on any atom is 0.234 e. The fourth-order valence-corrected chi connectivity index (χ4v) is 3.57. The largest absolute Gasteiger partial charge is 0.324 e. The number of hydrogen-bond donors (Lipinski definition) is 1. The average molecular weight is 387 g/mol. The molecule has 0 unspecified atom stereocenters. The molecule has 0 atom stereocenters. The van der Waals surface area contributed by atoms with Gasteiger partial charge in [0.25, 0.3) is 0 Å². The molecule has 134 valence electrons. The number of carbonyl (C=O) groups is 1. The van der Waals surface area contributed by atoms with E-state index in [4.69, 9.17) is 11.6 Å². The predicted molar refractivity (Wildman–Crippen MR) is 107 cm³/mol. The van der Waals surface area contributed by atoms with E-state index in [0.717, 1.165) is 28.7 Å². The molecule has 0 bridgehead atoms. The quantitative estimate of drug-likeness (QED) is 0.626. The molecule has 0 aliphatic carbocycles. The summed E-state index contributed by atoms with van der Waals surface area (Å²) in [7, 11) is 0. The zero-order valence-electron chi connectivity index (χ0n) is 14.6. The minimum absolute atomic E-state index is 0.133. The van der Waals surface area contributed by atoms with Crippen molar-refractivity contribution in [2.75, 3.05) is 11.1 Å². The molecule has 2 aromatic carbocycles. The van der Waals surface area contributed by atoms with Crippen molar-refractivity contribution in [3.63, 3.8) is 0 Å². The molecule has 0 saturated heterocycles. The molecule has 3 rings (SSSR count). The van der Waals surface area contributed by atoms with Crippen LogP contribution in [0.4, 0.5) is 5.69 Å². The van der Waals surface area contributed by atoms with Gasteiger partial charge in [-0.1, -0.05) is 59.8 Å². The molecule has 0 aliphatic rings. The number of aryl methyl sites for hydroxylation is 1. The molecular weight excluding hydrogens is 368 g/mol. The summed E-state index contributed by atoms with van der Waals surface area (Å²) in [5.41, 5.74) is 2.80. The van der Waals surface area contributed by atoms with Crippen LogP contribution in [0.3, 0.4) is 0 Å². The summed E-state index contributed by atoms with van der Waals surface area (Å²) in [5.74, 6) is 0.919. The van der Waals surface area contributed by atoms with E-state index in [0.29, 0.717) is 10.7 Å². The van der Waals surface area contributed by atoms with Crippen molar-refractivity contribution in [2.24, 2.45) is 0 Å². The number of benzene rings is 2. The zero-order valence-corrected chi connectivity index (χ0v) is 16.1. The molecular formula is C19H19ClN4OS. The number of amides is 1. The van der Waals surface area contributed by atoms with Crippen LogP contribution in [-0.4, -0.2) is 26.4 Å². The average Bonchev–Trinajstić information content (AvgIpc) is 3.05. The van der Waals surface area contributed by atoms with Gasteiger partial charge in [0, 0.05) is 12.1 Å². The smallest absolute Gasteiger partial charge is 0.234 e. The topological polar surface area (TPSA) is 59.8 Å². The lowest BCUT2D eigenvalue weighted by Crippen LogP contribution is -2.15. The van der Waals surface area contributed by atoms with Crippen LogP contribution in [-0.2, 0) is 11.3 Å². The van der Waals surface area contributed by atoms with E-state index in [1.165, 1.54) is 11.8 Å². The zero-order chi connectivity index (χ0) is 18.5. The Bertz CT molecular complexity index is 925. The Morgan fingerprint density at radius 1 is 1.15 bits per heavy atom. The molecule has 0 radical (unpaired) electrons. The van der Waals surface area contributed by atoms with Crippen molar-refractivity contribution in [3.05, 3.63) is 59.1 Å². The summed E-state index contributed by atoms with van der Waals surface area (Å²) in [6.45, 7) is 4.82. The molecule has 7 heteroatoms. The lowest BCUT2D eigenvalue weighted by atomic mass is 10.1. The van der Waals surface area contributed by atoms with Gasteiger partial charge >= 0.3 is 0 Å². The molecule has 0 spiro atoms. The van der Waals surface area contributed by atoms with E-state index in [2.05, 4.69) is 15.5 Å². The van der Waals surface area contributed by atoms with Gasteiger partial charge in [0.05, 0.1) is 16.5 Å². The van der Waals surface area contributed by atoms with Gasteiger partial charge in [0.15, 0.2) is 11.0 Å². The Morgan fingerprint density at radius 2 is 1.88 bits per heavy atom. The SMILES string of the molecule is CCn1c(SCC(=O)Nc2ccccc2Cl)nnc1-c1ccccc1C. The highest BCUT2D eigenvalue weighted by atomic mass is 35.5. The van der Waals surface area contributed by atoms with Crippen LogP contribution in [0.2, 0.25) is 5.02 Å². The molecule has 5 nitrogen and oxygen atoms in total. The van der Waals surface area contributed by atoms with Crippen molar-refractivity contribution in [2.45, 2.75) is 25.5 Å². The van der Waals surface area contributed by atoms with Gasteiger partial charge in [-0.3, -0.25) is 4.79 Å². The Hall–Kier alpha value is -2.31. The van der Waals surface area contributed by atoms with Crippen LogP contribution in [0, 0.1) is 6.92 Å². The van der Waals surface area contributed by atoms with E-state index in [1.807, 2.05) is 54.8 Å². The fraction of sp³-hybridized carbons (Fsp3) is 0.211. The second kappa shape index (κ2) is 8.38. The Kier molecular flexibility index (Phi) is 5.96. The third-order valence-corrected chi connectivity index (χ3v) is 5.20. The van der Waals surface area contributed by atoms with Crippen molar-refractivity contribution in [1.82, 2.24) is 14.8 Å². The maximum atomic E-state index is 12.2. The highest BCUT2D eigenvalue weighted by Crippen LogP contribution is 2.26. The van der Waals surface area contributed by atoms with Crippen LogP contribution in [0.25, 0.3) is 11.4 Å². The van der Waals surface area contributed by atoms with E-state index in [1.54, 1.807) is 12.1 Å². The van der Waals surface area contributed by atoms with E-state index < -0.39 is 0 Å². The number of para-hydroxylation sites is 1. The normalized spacial score (nSPS) is 10.7. The summed E-state index contributed by atoms with van der Waals surface area (Å²) in [5, 5.41) is 12.7. The number of thioether (sulfide) groups is 1. The molecule has 1 amide bonds. The van der Waals surface area contributed by atoms with Crippen LogP contribution in [0.15, 0.2) is 53.7 Å². The number of nitrogens with one attached hydrogen (secondary N) is 1. The summed E-state index contributed by atoms with van der Waals surface area (Å²) >= 11 is 7.43. The first-order chi connectivity index (χ1) is 12.6. The number of halogens is 1. The maximum absolute atomic E-state index is 12.2. The molecule has 1 N–H and O–H groups in total. The van der Waals surface area contributed by atoms with Crippen LogP contribution in [0.5, 0.6) is 0 Å². The number of aromatic nitrogens is 3. The van der Waals surface area contributed by atoms with Crippen molar-refractivity contribution < 1.29 is 4.79 Å². The Morgan fingerprint density at radius 3 is 2.62 bits per heavy atom. The molecule has 0 fully saturated rings.